The fourth-order valence-corrected chi connectivity index (χ4v) is 5.45. The molecule has 0 aliphatic carbocycles. The van der Waals surface area contributed by atoms with Crippen LogP contribution in [0.3, 0.4) is 0 Å². The van der Waals surface area contributed by atoms with E-state index in [9.17, 15) is 14.0 Å². The Labute approximate surface area is 281 Å². The van der Waals surface area contributed by atoms with Gasteiger partial charge in [-0.3, -0.25) is 9.59 Å². The van der Waals surface area contributed by atoms with E-state index in [4.69, 9.17) is 23.7 Å². The quantitative estimate of drug-likeness (QED) is 0.193. The Balaban J connectivity index is 1.41. The lowest BCUT2D eigenvalue weighted by molar-refractivity contribution is -0.142. The number of halogens is 1. The first-order valence-corrected chi connectivity index (χ1v) is 15.2. The fraction of sp³-hybridized carbons (Fsp3) is 0.229. The summed E-state index contributed by atoms with van der Waals surface area (Å²) in [5, 5.41) is 15.2. The van der Waals surface area contributed by atoms with Crippen LogP contribution in [0.5, 0.6) is 28.7 Å². The number of methoxy groups -OCH3 is 3. The summed E-state index contributed by atoms with van der Waals surface area (Å²) in [5.41, 5.74) is 2.03. The second kappa shape index (κ2) is 14.7. The Hall–Kier alpha value is -6.18. The lowest BCUT2D eigenvalue weighted by Crippen LogP contribution is -2.44. The van der Waals surface area contributed by atoms with Gasteiger partial charge in [-0.05, 0) is 58.3 Å². The first-order chi connectivity index (χ1) is 23.9. The molecule has 6 rings (SSSR count). The molecule has 0 spiro atoms. The number of nitrogens with zero attached hydrogens (tertiary/aromatic N) is 5. The van der Waals surface area contributed by atoms with Crippen molar-refractivity contribution >= 4 is 11.8 Å². The number of hydrogen-bond donors (Lipinski definition) is 1. The predicted octanol–water partition coefficient (Wildman–Crippen LogP) is 4.32. The second-order valence-corrected chi connectivity index (χ2v) is 10.9. The lowest BCUT2D eigenvalue weighted by atomic mass is 10.0. The summed E-state index contributed by atoms with van der Waals surface area (Å²) in [4.78, 5) is 31.2. The van der Waals surface area contributed by atoms with E-state index in [0.717, 1.165) is 10.4 Å². The van der Waals surface area contributed by atoms with Gasteiger partial charge in [0.05, 0.1) is 26.9 Å². The van der Waals surface area contributed by atoms with Crippen molar-refractivity contribution in [3.8, 4) is 40.1 Å². The van der Waals surface area contributed by atoms with Crippen LogP contribution in [0, 0.1) is 5.82 Å². The standard InChI is InChI=1S/C35H33FN6O7/c1-45-29-16-24(17-30(46-2)33(29)47-3)32(35(44)37-18-22-9-5-4-6-10-22)41(19-23-13-14-27-28(15-23)49-21-48-27)31(43)20-42-39-34(38-40-42)25-11-7-8-12-26(25)36/h4-17,32H,18-21H2,1-3H3,(H,37,44)/t32-/m0/s1. The van der Waals surface area contributed by atoms with Gasteiger partial charge < -0.3 is 33.9 Å². The van der Waals surface area contributed by atoms with E-state index in [-0.39, 0.29) is 31.3 Å². The maximum Gasteiger partial charge on any atom is 0.247 e. The summed E-state index contributed by atoms with van der Waals surface area (Å²) in [6.07, 6.45) is 0. The van der Waals surface area contributed by atoms with Crippen molar-refractivity contribution < 1.29 is 37.7 Å². The molecular weight excluding hydrogens is 635 g/mol. The predicted molar refractivity (Wildman–Crippen MR) is 173 cm³/mol. The van der Waals surface area contributed by atoms with E-state index in [1.807, 2.05) is 30.3 Å². The SMILES string of the molecule is COc1cc([C@@H](C(=O)NCc2ccccc2)N(Cc2ccc3c(c2)OCO3)C(=O)Cn2nnc(-c3ccccc3F)n2)cc(OC)c1OC. The van der Waals surface area contributed by atoms with Crippen LogP contribution < -0.4 is 29.0 Å². The molecule has 0 unspecified atom stereocenters. The minimum Gasteiger partial charge on any atom is -0.493 e. The molecule has 14 heteroatoms. The number of fused-ring (bicyclic) bond motifs is 1. The number of hydrogen-bond acceptors (Lipinski definition) is 10. The molecule has 1 atom stereocenters. The number of aromatic nitrogens is 4. The summed E-state index contributed by atoms with van der Waals surface area (Å²) in [6.45, 7) is -0.188. The van der Waals surface area contributed by atoms with Crippen LogP contribution in [0.1, 0.15) is 22.7 Å². The van der Waals surface area contributed by atoms with Crippen molar-refractivity contribution in [3.05, 3.63) is 107 Å². The zero-order valence-corrected chi connectivity index (χ0v) is 27.0. The number of benzene rings is 4. The minimum atomic E-state index is -1.22. The van der Waals surface area contributed by atoms with Gasteiger partial charge in [0.15, 0.2) is 23.0 Å². The highest BCUT2D eigenvalue weighted by Gasteiger charge is 2.34. The largest absolute Gasteiger partial charge is 0.493 e. The number of tetrazole rings is 1. The molecule has 2 amide bonds. The fourth-order valence-electron chi connectivity index (χ4n) is 5.45. The first kappa shape index (κ1) is 32.7. The van der Waals surface area contributed by atoms with Gasteiger partial charge >= 0.3 is 0 Å². The zero-order valence-electron chi connectivity index (χ0n) is 27.0. The molecule has 0 fully saturated rings. The van der Waals surface area contributed by atoms with Crippen LogP contribution in [0.15, 0.2) is 84.9 Å². The molecule has 0 bridgehead atoms. The van der Waals surface area contributed by atoms with Crippen molar-refractivity contribution in [2.45, 2.75) is 25.7 Å². The third kappa shape index (κ3) is 7.22. The summed E-state index contributed by atoms with van der Waals surface area (Å²) < 4.78 is 42.3. The lowest BCUT2D eigenvalue weighted by Gasteiger charge is -2.32. The highest BCUT2D eigenvalue weighted by atomic mass is 19.1. The highest BCUT2D eigenvalue weighted by Crippen LogP contribution is 2.41. The molecular formula is C35H33FN6O7. The van der Waals surface area contributed by atoms with Gasteiger partial charge in [0.1, 0.15) is 18.4 Å². The third-order valence-corrected chi connectivity index (χ3v) is 7.83. The Morgan fingerprint density at radius 2 is 1.61 bits per heavy atom. The van der Waals surface area contributed by atoms with Gasteiger partial charge in [-0.1, -0.05) is 48.5 Å². The average Bonchev–Trinajstić information content (AvgIpc) is 3.80. The van der Waals surface area contributed by atoms with Crippen LogP contribution in [0.4, 0.5) is 4.39 Å². The van der Waals surface area contributed by atoms with Crippen LogP contribution in [-0.4, -0.2) is 65.0 Å². The number of nitrogens with one attached hydrogen (secondary N) is 1. The number of rotatable bonds is 13. The molecule has 0 saturated carbocycles. The molecule has 1 aliphatic heterocycles. The van der Waals surface area contributed by atoms with E-state index in [2.05, 4.69) is 20.7 Å². The summed E-state index contributed by atoms with van der Waals surface area (Å²) >= 11 is 0. The van der Waals surface area contributed by atoms with Crippen molar-refractivity contribution in [3.63, 3.8) is 0 Å². The summed E-state index contributed by atoms with van der Waals surface area (Å²) in [5.74, 6) is 0.436. The maximum absolute atomic E-state index is 14.5. The summed E-state index contributed by atoms with van der Waals surface area (Å²) in [7, 11) is 4.40. The van der Waals surface area contributed by atoms with Crippen LogP contribution in [0.25, 0.3) is 11.4 Å². The Bertz CT molecular complexity index is 1930. The zero-order chi connectivity index (χ0) is 34.3. The third-order valence-electron chi connectivity index (χ3n) is 7.83. The Kier molecular flexibility index (Phi) is 9.83. The van der Waals surface area contributed by atoms with Crippen LogP contribution in [-0.2, 0) is 29.2 Å². The van der Waals surface area contributed by atoms with Crippen molar-refractivity contribution in [2.75, 3.05) is 28.1 Å². The van der Waals surface area contributed by atoms with Gasteiger partial charge in [-0.25, -0.2) is 4.39 Å². The number of carbonyl (C=O) groups is 2. The van der Waals surface area contributed by atoms with E-state index < -0.39 is 30.2 Å². The van der Waals surface area contributed by atoms with Gasteiger partial charge in [-0.15, -0.1) is 10.2 Å². The topological polar surface area (TPSA) is 139 Å². The molecule has 1 N–H and O–H groups in total. The number of ether oxygens (including phenoxy) is 5. The van der Waals surface area contributed by atoms with Crippen molar-refractivity contribution in [1.82, 2.24) is 30.4 Å². The van der Waals surface area contributed by atoms with Crippen LogP contribution in [0.2, 0.25) is 0 Å². The molecule has 252 valence electrons. The van der Waals surface area contributed by atoms with Gasteiger partial charge in [0.2, 0.25) is 30.2 Å². The monoisotopic (exact) mass is 668 g/mol. The summed E-state index contributed by atoms with van der Waals surface area (Å²) in [6, 6.07) is 22.7. The molecule has 49 heavy (non-hydrogen) atoms. The minimum absolute atomic E-state index is 0.00926. The number of amides is 2. The van der Waals surface area contributed by atoms with Gasteiger partial charge in [0, 0.05) is 13.1 Å². The maximum atomic E-state index is 14.5. The second-order valence-electron chi connectivity index (χ2n) is 10.9. The van der Waals surface area contributed by atoms with E-state index in [1.54, 1.807) is 42.5 Å². The van der Waals surface area contributed by atoms with Gasteiger partial charge in [0.25, 0.3) is 0 Å². The Morgan fingerprint density at radius 1 is 0.898 bits per heavy atom. The molecule has 1 aliphatic rings. The smallest absolute Gasteiger partial charge is 0.247 e. The molecule has 0 radical (unpaired) electrons. The van der Waals surface area contributed by atoms with E-state index in [1.165, 1.54) is 38.4 Å². The Morgan fingerprint density at radius 3 is 2.33 bits per heavy atom. The molecule has 2 heterocycles. The highest BCUT2D eigenvalue weighted by molar-refractivity contribution is 5.89. The first-order valence-electron chi connectivity index (χ1n) is 15.2. The van der Waals surface area contributed by atoms with Crippen LogP contribution >= 0.6 is 0 Å². The van der Waals surface area contributed by atoms with Crippen molar-refractivity contribution in [1.29, 1.82) is 0 Å². The van der Waals surface area contributed by atoms with E-state index in [0.29, 0.717) is 39.9 Å². The molecule has 13 nitrogen and oxygen atoms in total. The van der Waals surface area contributed by atoms with E-state index >= 15 is 0 Å². The number of carbonyl (C=O) groups excluding carboxylic acids is 2. The molecule has 4 aromatic carbocycles. The van der Waals surface area contributed by atoms with Gasteiger partial charge in [-0.2, -0.15) is 4.80 Å². The average molecular weight is 669 g/mol. The van der Waals surface area contributed by atoms with Crippen molar-refractivity contribution in [2.24, 2.45) is 0 Å². The molecule has 0 saturated heterocycles. The molecule has 5 aromatic rings. The molecule has 1 aromatic heterocycles. The normalized spacial score (nSPS) is 12.2.